The van der Waals surface area contributed by atoms with Crippen LogP contribution in [-0.4, -0.2) is 34.7 Å². The Balaban J connectivity index is 1.78. The van der Waals surface area contributed by atoms with Gasteiger partial charge in [0.25, 0.3) is 5.91 Å². The van der Waals surface area contributed by atoms with Crippen LogP contribution in [0.2, 0.25) is 0 Å². The van der Waals surface area contributed by atoms with Gasteiger partial charge >= 0.3 is 0 Å². The number of carbonyl (C=O) groups is 2. The monoisotopic (exact) mass is 428 g/mol. The second-order valence-corrected chi connectivity index (χ2v) is 7.10. The second-order valence-electron chi connectivity index (χ2n) is 6.18. The molecule has 2 aromatic carbocycles. The number of halogens is 2. The number of hydrogen-bond donors (Lipinski definition) is 0. The molecule has 0 unspecified atom stereocenters. The van der Waals surface area contributed by atoms with E-state index in [4.69, 9.17) is 0 Å². The Labute approximate surface area is 165 Å². The van der Waals surface area contributed by atoms with Gasteiger partial charge in [0, 0.05) is 39.9 Å². The van der Waals surface area contributed by atoms with Gasteiger partial charge in [-0.1, -0.05) is 46.8 Å². The number of amides is 2. The number of benzene rings is 2. The fourth-order valence-electron chi connectivity index (χ4n) is 3.02. The van der Waals surface area contributed by atoms with Crippen LogP contribution in [0.4, 0.5) is 4.39 Å². The van der Waals surface area contributed by atoms with E-state index >= 15 is 0 Å². The van der Waals surface area contributed by atoms with Gasteiger partial charge in [-0.05, 0) is 24.3 Å². The van der Waals surface area contributed by atoms with E-state index in [1.54, 1.807) is 36.4 Å². The van der Waals surface area contributed by atoms with Crippen molar-refractivity contribution < 1.29 is 14.0 Å². The lowest BCUT2D eigenvalue weighted by molar-refractivity contribution is -0.131. The highest BCUT2D eigenvalue weighted by molar-refractivity contribution is 9.10. The van der Waals surface area contributed by atoms with Crippen molar-refractivity contribution in [2.45, 2.75) is 6.54 Å². The van der Waals surface area contributed by atoms with E-state index in [1.165, 1.54) is 15.9 Å². The van der Waals surface area contributed by atoms with Gasteiger partial charge in [-0.15, -0.1) is 6.58 Å². The van der Waals surface area contributed by atoms with Gasteiger partial charge in [0.2, 0.25) is 5.91 Å². The normalized spacial score (nSPS) is 12.9. The smallest absolute Gasteiger partial charge is 0.259 e. The molecular formula is C21H18BrFN2O2. The van der Waals surface area contributed by atoms with Gasteiger partial charge in [0.05, 0.1) is 0 Å². The maximum atomic E-state index is 14.1. The molecule has 1 aliphatic heterocycles. The molecule has 0 fully saturated rings. The first-order valence-corrected chi connectivity index (χ1v) is 9.14. The Bertz CT molecular complexity index is 907. The van der Waals surface area contributed by atoms with Crippen LogP contribution in [0.5, 0.6) is 0 Å². The Kier molecular flexibility index (Phi) is 5.56. The Hall–Kier alpha value is -2.73. The van der Waals surface area contributed by atoms with Gasteiger partial charge in [-0.25, -0.2) is 4.39 Å². The summed E-state index contributed by atoms with van der Waals surface area (Å²) in [5, 5.41) is 0. The number of rotatable bonds is 6. The van der Waals surface area contributed by atoms with Crippen molar-refractivity contribution in [3.8, 4) is 0 Å². The van der Waals surface area contributed by atoms with Gasteiger partial charge in [0.1, 0.15) is 12.4 Å². The fraction of sp³-hybridized carbons (Fsp3) is 0.143. The minimum atomic E-state index is -0.394. The zero-order valence-electron chi connectivity index (χ0n) is 14.6. The van der Waals surface area contributed by atoms with E-state index in [1.807, 2.05) is 6.07 Å². The lowest BCUT2D eigenvalue weighted by Gasteiger charge is -2.25. The highest BCUT2D eigenvalue weighted by atomic mass is 79.9. The molecule has 0 aromatic heterocycles. The molecule has 4 nitrogen and oxygen atoms in total. The van der Waals surface area contributed by atoms with Gasteiger partial charge in [-0.2, -0.15) is 0 Å². The summed E-state index contributed by atoms with van der Waals surface area (Å²) < 4.78 is 14.8. The first-order valence-electron chi connectivity index (χ1n) is 8.35. The van der Waals surface area contributed by atoms with Crippen molar-refractivity contribution in [1.82, 2.24) is 9.80 Å². The third-order valence-corrected chi connectivity index (χ3v) is 4.90. The van der Waals surface area contributed by atoms with Crippen molar-refractivity contribution in [2.24, 2.45) is 0 Å². The van der Waals surface area contributed by atoms with Crippen molar-refractivity contribution >= 4 is 33.4 Å². The van der Waals surface area contributed by atoms with E-state index in [2.05, 4.69) is 29.1 Å². The van der Waals surface area contributed by atoms with Gasteiger partial charge in [0.15, 0.2) is 0 Å². The Morgan fingerprint density at radius 2 is 1.93 bits per heavy atom. The highest BCUT2D eigenvalue weighted by Crippen LogP contribution is 2.31. The molecule has 0 bridgehead atoms. The number of carbonyl (C=O) groups excluding carboxylic acids is 2. The molecule has 0 atom stereocenters. The molecule has 138 valence electrons. The third kappa shape index (κ3) is 3.85. The fourth-order valence-corrected chi connectivity index (χ4v) is 3.43. The average molecular weight is 429 g/mol. The van der Waals surface area contributed by atoms with Crippen LogP contribution in [0.3, 0.4) is 0 Å². The van der Waals surface area contributed by atoms with Crippen LogP contribution in [0.15, 0.2) is 66.2 Å². The molecule has 1 heterocycles. The summed E-state index contributed by atoms with van der Waals surface area (Å²) in [7, 11) is 0. The topological polar surface area (TPSA) is 40.6 Å². The predicted molar refractivity (Wildman–Crippen MR) is 106 cm³/mol. The van der Waals surface area contributed by atoms with Crippen molar-refractivity contribution in [2.75, 3.05) is 13.1 Å². The molecule has 0 radical (unpaired) electrons. The van der Waals surface area contributed by atoms with Gasteiger partial charge < -0.3 is 4.90 Å². The summed E-state index contributed by atoms with van der Waals surface area (Å²) in [4.78, 5) is 28.3. The number of nitrogens with zero attached hydrogens (tertiary/aromatic N) is 2. The first-order chi connectivity index (χ1) is 12.9. The highest BCUT2D eigenvalue weighted by Gasteiger charge is 2.32. The van der Waals surface area contributed by atoms with Crippen LogP contribution in [0.1, 0.15) is 21.5 Å². The molecule has 0 saturated carbocycles. The summed E-state index contributed by atoms with van der Waals surface area (Å²) in [6.45, 7) is 7.77. The zero-order valence-corrected chi connectivity index (χ0v) is 16.2. The molecule has 1 aliphatic rings. The number of fused-ring (bicyclic) bond motifs is 1. The summed E-state index contributed by atoms with van der Waals surface area (Å²) in [6.07, 6.45) is 1.57. The summed E-state index contributed by atoms with van der Waals surface area (Å²) >= 11 is 3.31. The molecule has 0 N–H and O–H groups in total. The Morgan fingerprint density at radius 1 is 1.22 bits per heavy atom. The number of hydrogen-bond acceptors (Lipinski definition) is 2. The van der Waals surface area contributed by atoms with E-state index in [-0.39, 0.29) is 31.4 Å². The second kappa shape index (κ2) is 7.88. The quantitative estimate of drug-likeness (QED) is 0.645. The van der Waals surface area contributed by atoms with Crippen molar-refractivity contribution in [3.05, 3.63) is 88.7 Å². The largest absolute Gasteiger partial charge is 0.333 e. The zero-order chi connectivity index (χ0) is 19.6. The van der Waals surface area contributed by atoms with Gasteiger partial charge in [-0.3, -0.25) is 14.5 Å². The van der Waals surface area contributed by atoms with E-state index in [0.29, 0.717) is 16.8 Å². The van der Waals surface area contributed by atoms with E-state index in [9.17, 15) is 14.0 Å². The molecule has 6 heteroatoms. The maximum absolute atomic E-state index is 14.1. The molecule has 2 aromatic rings. The van der Waals surface area contributed by atoms with Crippen LogP contribution >= 0.6 is 15.9 Å². The minimum absolute atomic E-state index is 0.0809. The first kappa shape index (κ1) is 19.0. The van der Waals surface area contributed by atoms with Crippen LogP contribution in [0, 0.1) is 5.82 Å². The standard InChI is InChI=1S/C21H18BrFN2O2/c1-3-10-24(12-15-11-16(22)8-9-19(15)23)20(26)13-25-14(2)17-6-4-5-7-18(17)21(25)27/h3-9,11H,1-2,10,12-13H2. The third-order valence-electron chi connectivity index (χ3n) is 4.40. The van der Waals surface area contributed by atoms with Crippen molar-refractivity contribution in [3.63, 3.8) is 0 Å². The minimum Gasteiger partial charge on any atom is -0.333 e. The Morgan fingerprint density at radius 3 is 2.59 bits per heavy atom. The average Bonchev–Trinajstić information content (AvgIpc) is 2.89. The molecular weight excluding hydrogens is 411 g/mol. The SMILES string of the molecule is C=CCN(Cc1cc(Br)ccc1F)C(=O)CN1C(=C)c2ccccc2C1=O. The molecule has 3 rings (SSSR count). The lowest BCUT2D eigenvalue weighted by atomic mass is 10.1. The molecule has 27 heavy (non-hydrogen) atoms. The molecule has 0 aliphatic carbocycles. The van der Waals surface area contributed by atoms with Crippen molar-refractivity contribution in [1.29, 1.82) is 0 Å². The predicted octanol–water partition coefficient (Wildman–Crippen LogP) is 4.23. The van der Waals surface area contributed by atoms with Crippen LogP contribution in [-0.2, 0) is 11.3 Å². The summed E-state index contributed by atoms with van der Waals surface area (Å²) in [5.41, 5.74) is 2.14. The summed E-state index contributed by atoms with van der Waals surface area (Å²) in [6, 6.07) is 11.7. The van der Waals surface area contributed by atoms with Crippen LogP contribution < -0.4 is 0 Å². The molecule has 0 saturated heterocycles. The van der Waals surface area contributed by atoms with E-state index < -0.39 is 5.82 Å². The molecule has 2 amide bonds. The lowest BCUT2D eigenvalue weighted by Crippen LogP contribution is -2.40. The maximum Gasteiger partial charge on any atom is 0.259 e. The van der Waals surface area contributed by atoms with E-state index in [0.717, 1.165) is 10.0 Å². The molecule has 0 spiro atoms. The van der Waals surface area contributed by atoms with Crippen LogP contribution in [0.25, 0.3) is 5.70 Å². The summed E-state index contributed by atoms with van der Waals surface area (Å²) in [5.74, 6) is -0.957.